The summed E-state index contributed by atoms with van der Waals surface area (Å²) in [5, 5.41) is 26.8. The maximum atomic E-state index is 12.3. The van der Waals surface area contributed by atoms with Crippen LogP contribution in [0.15, 0.2) is 36.4 Å². The highest BCUT2D eigenvalue weighted by Crippen LogP contribution is 2.35. The minimum absolute atomic E-state index is 0.0670. The second-order valence-electron chi connectivity index (χ2n) is 6.60. The molecule has 1 aliphatic heterocycles. The van der Waals surface area contributed by atoms with Crippen LogP contribution in [0.25, 0.3) is 0 Å². The summed E-state index contributed by atoms with van der Waals surface area (Å²) in [6.07, 6.45) is -0.987. The fraction of sp³-hybridized carbons (Fsp3) is 0.350. The van der Waals surface area contributed by atoms with Crippen molar-refractivity contribution in [2.45, 2.75) is 6.10 Å². The molecule has 3 N–H and O–H groups in total. The Morgan fingerprint density at radius 3 is 2.84 bits per heavy atom. The minimum atomic E-state index is -0.987. The molecule has 11 heteroatoms. The second kappa shape index (κ2) is 10.5. The molecule has 11 nitrogen and oxygen atoms in total. The number of carbonyl (C=O) groups is 1. The van der Waals surface area contributed by atoms with Crippen LogP contribution in [0.4, 0.5) is 11.4 Å². The zero-order valence-electron chi connectivity index (χ0n) is 16.8. The van der Waals surface area contributed by atoms with Gasteiger partial charge in [0.25, 0.3) is 11.6 Å². The Morgan fingerprint density at radius 2 is 2.06 bits per heavy atom. The molecule has 0 aromatic heterocycles. The van der Waals surface area contributed by atoms with Gasteiger partial charge in [-0.1, -0.05) is 0 Å². The number of rotatable bonds is 11. The Bertz CT molecular complexity index is 937. The van der Waals surface area contributed by atoms with E-state index < -0.39 is 16.9 Å². The standard InChI is InChI=1S/C20H23N3O8/c1-28-7-6-21-16-4-2-13(8-17(16)23(26)27)20(25)22-10-14(24)11-29-15-3-5-18-19(9-15)31-12-30-18/h2-5,8-9,14,21,24H,6-7,10-12H2,1H3,(H,22,25). The molecule has 0 fully saturated rings. The number of carbonyl (C=O) groups excluding carboxylic acids is 1. The van der Waals surface area contributed by atoms with E-state index >= 15 is 0 Å². The molecule has 0 radical (unpaired) electrons. The minimum Gasteiger partial charge on any atom is -0.491 e. The predicted molar refractivity (Wildman–Crippen MR) is 110 cm³/mol. The number of ether oxygens (including phenoxy) is 4. The molecule has 2 aromatic carbocycles. The first-order valence-electron chi connectivity index (χ1n) is 9.48. The summed E-state index contributed by atoms with van der Waals surface area (Å²) in [4.78, 5) is 23.1. The highest BCUT2D eigenvalue weighted by molar-refractivity contribution is 5.95. The van der Waals surface area contributed by atoms with Gasteiger partial charge in [-0.15, -0.1) is 0 Å². The van der Waals surface area contributed by atoms with Crippen LogP contribution < -0.4 is 24.8 Å². The number of nitro groups is 1. The normalized spacial score (nSPS) is 12.8. The number of fused-ring (bicyclic) bond motifs is 1. The van der Waals surface area contributed by atoms with E-state index in [2.05, 4.69) is 10.6 Å². The van der Waals surface area contributed by atoms with E-state index in [1.54, 1.807) is 18.2 Å². The van der Waals surface area contributed by atoms with Crippen molar-refractivity contribution in [2.24, 2.45) is 0 Å². The molecule has 2 aromatic rings. The third-order valence-electron chi connectivity index (χ3n) is 4.36. The maximum absolute atomic E-state index is 12.3. The first kappa shape index (κ1) is 22.1. The van der Waals surface area contributed by atoms with Crippen molar-refractivity contribution in [1.29, 1.82) is 0 Å². The van der Waals surface area contributed by atoms with Crippen molar-refractivity contribution >= 4 is 17.3 Å². The molecule has 166 valence electrons. The summed E-state index contributed by atoms with van der Waals surface area (Å²) in [6, 6.07) is 9.14. The maximum Gasteiger partial charge on any atom is 0.293 e. The summed E-state index contributed by atoms with van der Waals surface area (Å²) in [5.74, 6) is 1.12. The largest absolute Gasteiger partial charge is 0.491 e. The number of hydrogen-bond donors (Lipinski definition) is 3. The van der Waals surface area contributed by atoms with Crippen molar-refractivity contribution in [2.75, 3.05) is 45.5 Å². The van der Waals surface area contributed by atoms with Crippen LogP contribution in [0.1, 0.15) is 10.4 Å². The summed E-state index contributed by atoms with van der Waals surface area (Å²) >= 11 is 0. The van der Waals surface area contributed by atoms with Crippen LogP contribution in [0.2, 0.25) is 0 Å². The van der Waals surface area contributed by atoms with Gasteiger partial charge in [0.2, 0.25) is 6.79 Å². The van der Waals surface area contributed by atoms with Gasteiger partial charge >= 0.3 is 0 Å². The van der Waals surface area contributed by atoms with Gasteiger partial charge < -0.3 is 34.7 Å². The van der Waals surface area contributed by atoms with Crippen molar-refractivity contribution in [3.05, 3.63) is 52.1 Å². The molecule has 0 aliphatic carbocycles. The van der Waals surface area contributed by atoms with Crippen LogP contribution >= 0.6 is 0 Å². The fourth-order valence-electron chi connectivity index (χ4n) is 2.79. The van der Waals surface area contributed by atoms with Gasteiger partial charge in [0, 0.05) is 37.9 Å². The highest BCUT2D eigenvalue weighted by Gasteiger charge is 2.18. The van der Waals surface area contributed by atoms with Crippen LogP contribution in [0, 0.1) is 10.1 Å². The van der Waals surface area contributed by atoms with E-state index in [9.17, 15) is 20.0 Å². The number of nitro benzene ring substituents is 1. The number of nitrogens with zero attached hydrogens (tertiary/aromatic N) is 1. The zero-order chi connectivity index (χ0) is 22.2. The van der Waals surface area contributed by atoms with E-state index in [1.807, 2.05) is 0 Å². The molecule has 0 bridgehead atoms. The smallest absolute Gasteiger partial charge is 0.293 e. The van der Waals surface area contributed by atoms with Crippen molar-refractivity contribution in [1.82, 2.24) is 5.32 Å². The Morgan fingerprint density at radius 1 is 1.26 bits per heavy atom. The molecule has 3 rings (SSSR count). The van der Waals surface area contributed by atoms with E-state index in [4.69, 9.17) is 18.9 Å². The number of benzene rings is 2. The van der Waals surface area contributed by atoms with E-state index in [0.717, 1.165) is 0 Å². The number of methoxy groups -OCH3 is 1. The highest BCUT2D eigenvalue weighted by atomic mass is 16.7. The van der Waals surface area contributed by atoms with Gasteiger partial charge in [-0.05, 0) is 24.3 Å². The van der Waals surface area contributed by atoms with Gasteiger partial charge in [-0.2, -0.15) is 0 Å². The topological polar surface area (TPSA) is 141 Å². The molecule has 1 amide bonds. The number of aliphatic hydroxyl groups excluding tert-OH is 1. The van der Waals surface area contributed by atoms with Gasteiger partial charge in [0.15, 0.2) is 11.5 Å². The monoisotopic (exact) mass is 433 g/mol. The first-order chi connectivity index (χ1) is 15.0. The SMILES string of the molecule is COCCNc1ccc(C(=O)NCC(O)COc2ccc3c(c2)OCO3)cc1[N+](=O)[O-]. The summed E-state index contributed by atoms with van der Waals surface area (Å²) in [5.41, 5.74) is 0.166. The first-order valence-corrected chi connectivity index (χ1v) is 9.48. The quantitative estimate of drug-likeness (QED) is 0.273. The number of nitrogens with one attached hydrogen (secondary N) is 2. The molecule has 0 saturated heterocycles. The fourth-order valence-corrected chi connectivity index (χ4v) is 2.79. The lowest BCUT2D eigenvalue weighted by molar-refractivity contribution is -0.384. The lowest BCUT2D eigenvalue weighted by atomic mass is 10.1. The Hall–Kier alpha value is -3.57. The van der Waals surface area contributed by atoms with E-state index in [1.165, 1.54) is 25.3 Å². The second-order valence-corrected chi connectivity index (χ2v) is 6.60. The number of hydrogen-bond acceptors (Lipinski definition) is 9. The van der Waals surface area contributed by atoms with Crippen LogP contribution in [-0.4, -0.2) is 62.2 Å². The van der Waals surface area contributed by atoms with Gasteiger partial charge in [-0.3, -0.25) is 14.9 Å². The average molecular weight is 433 g/mol. The third kappa shape index (κ3) is 5.96. The lowest BCUT2D eigenvalue weighted by Gasteiger charge is -2.14. The van der Waals surface area contributed by atoms with Crippen molar-refractivity contribution in [3.8, 4) is 17.2 Å². The molecular formula is C20H23N3O8. The summed E-state index contributed by atoms with van der Waals surface area (Å²) in [6.45, 7) is 0.757. The molecule has 0 spiro atoms. The third-order valence-corrected chi connectivity index (χ3v) is 4.36. The van der Waals surface area contributed by atoms with Crippen molar-refractivity contribution in [3.63, 3.8) is 0 Å². The predicted octanol–water partition coefficient (Wildman–Crippen LogP) is 1.55. The van der Waals surface area contributed by atoms with E-state index in [0.29, 0.717) is 30.4 Å². The van der Waals surface area contributed by atoms with Gasteiger partial charge in [0.05, 0.1) is 11.5 Å². The van der Waals surface area contributed by atoms with E-state index in [-0.39, 0.29) is 36.9 Å². The summed E-state index contributed by atoms with van der Waals surface area (Å²) in [7, 11) is 1.53. The molecule has 31 heavy (non-hydrogen) atoms. The Kier molecular flexibility index (Phi) is 7.46. The molecule has 1 atom stereocenters. The molecule has 0 saturated carbocycles. The molecular weight excluding hydrogens is 410 g/mol. The number of anilines is 1. The van der Waals surface area contributed by atoms with Crippen LogP contribution in [0.3, 0.4) is 0 Å². The summed E-state index contributed by atoms with van der Waals surface area (Å²) < 4.78 is 20.9. The number of aliphatic hydroxyl groups is 1. The van der Waals surface area contributed by atoms with Gasteiger partial charge in [0.1, 0.15) is 24.1 Å². The van der Waals surface area contributed by atoms with Crippen LogP contribution in [0.5, 0.6) is 17.2 Å². The molecule has 1 unspecified atom stereocenters. The van der Waals surface area contributed by atoms with Crippen molar-refractivity contribution < 1.29 is 33.8 Å². The zero-order valence-corrected chi connectivity index (χ0v) is 16.8. The molecule has 1 heterocycles. The average Bonchev–Trinajstić information content (AvgIpc) is 3.24. The number of amides is 1. The van der Waals surface area contributed by atoms with Gasteiger partial charge in [-0.25, -0.2) is 0 Å². The lowest BCUT2D eigenvalue weighted by Crippen LogP contribution is -2.35. The Labute approximate surface area is 178 Å². The molecule has 1 aliphatic rings. The van der Waals surface area contributed by atoms with Crippen LogP contribution in [-0.2, 0) is 4.74 Å². The Balaban J connectivity index is 1.51.